The Bertz CT molecular complexity index is 468. The van der Waals surface area contributed by atoms with E-state index in [9.17, 15) is 9.50 Å². The summed E-state index contributed by atoms with van der Waals surface area (Å²) in [6.45, 7) is 1.62. The minimum Gasteiger partial charge on any atom is -0.389 e. The lowest BCUT2D eigenvalue weighted by Gasteiger charge is -2.08. The maximum absolute atomic E-state index is 13.1. The van der Waals surface area contributed by atoms with Crippen LogP contribution in [-0.2, 0) is 0 Å². The number of fused-ring (bicyclic) bond motifs is 1. The van der Waals surface area contributed by atoms with Gasteiger partial charge in [0, 0.05) is 17.8 Å². The van der Waals surface area contributed by atoms with E-state index in [0.717, 1.165) is 5.39 Å². The normalized spacial score (nSPS) is 13.1. The molecule has 0 aliphatic heterocycles. The van der Waals surface area contributed by atoms with E-state index in [1.165, 1.54) is 12.1 Å². The zero-order valence-electron chi connectivity index (χ0n) is 7.74. The SMILES string of the molecule is CC(O)c1cc(F)cc2cnccc12. The third-order valence-electron chi connectivity index (χ3n) is 2.20. The predicted octanol–water partition coefficient (Wildman–Crippen LogP) is 2.43. The van der Waals surface area contributed by atoms with Gasteiger partial charge in [0.05, 0.1) is 6.10 Å². The quantitative estimate of drug-likeness (QED) is 0.750. The van der Waals surface area contributed by atoms with Crippen molar-refractivity contribution < 1.29 is 9.50 Å². The molecule has 0 radical (unpaired) electrons. The third-order valence-corrected chi connectivity index (χ3v) is 2.20. The number of benzene rings is 1. The second-order valence-electron chi connectivity index (χ2n) is 3.27. The molecule has 1 atom stereocenters. The first kappa shape index (κ1) is 9.09. The van der Waals surface area contributed by atoms with Gasteiger partial charge in [-0.05, 0) is 36.1 Å². The molecule has 1 aromatic carbocycles. The molecule has 0 aliphatic carbocycles. The number of hydrogen-bond acceptors (Lipinski definition) is 2. The Morgan fingerprint density at radius 3 is 2.93 bits per heavy atom. The van der Waals surface area contributed by atoms with Crippen molar-refractivity contribution in [2.75, 3.05) is 0 Å². The monoisotopic (exact) mass is 191 g/mol. The van der Waals surface area contributed by atoms with Crippen LogP contribution < -0.4 is 0 Å². The zero-order chi connectivity index (χ0) is 10.1. The lowest BCUT2D eigenvalue weighted by atomic mass is 10.0. The topological polar surface area (TPSA) is 33.1 Å². The molecule has 1 unspecified atom stereocenters. The van der Waals surface area contributed by atoms with Crippen LogP contribution in [-0.4, -0.2) is 10.1 Å². The standard InChI is InChI=1S/C11H10FNO/c1-7(14)11-5-9(12)4-8-6-13-3-2-10(8)11/h2-7,14H,1H3. The molecule has 0 amide bonds. The molecule has 3 heteroatoms. The van der Waals surface area contributed by atoms with Gasteiger partial charge in [-0.15, -0.1) is 0 Å². The van der Waals surface area contributed by atoms with E-state index in [4.69, 9.17) is 0 Å². The van der Waals surface area contributed by atoms with Crippen molar-refractivity contribution in [1.29, 1.82) is 0 Å². The van der Waals surface area contributed by atoms with Gasteiger partial charge in [-0.3, -0.25) is 4.98 Å². The first-order valence-electron chi connectivity index (χ1n) is 4.39. The van der Waals surface area contributed by atoms with Crippen LogP contribution in [0.4, 0.5) is 4.39 Å². The second-order valence-corrected chi connectivity index (χ2v) is 3.27. The number of aliphatic hydroxyl groups excluding tert-OH is 1. The number of pyridine rings is 1. The van der Waals surface area contributed by atoms with Crippen molar-refractivity contribution in [3.8, 4) is 0 Å². The Morgan fingerprint density at radius 1 is 1.43 bits per heavy atom. The van der Waals surface area contributed by atoms with Crippen molar-refractivity contribution >= 4 is 10.8 Å². The van der Waals surface area contributed by atoms with E-state index in [-0.39, 0.29) is 5.82 Å². The number of hydrogen-bond donors (Lipinski definition) is 1. The Labute approximate surface area is 81.0 Å². The average Bonchev–Trinajstić information content (AvgIpc) is 2.16. The Balaban J connectivity index is 2.80. The molecule has 0 saturated heterocycles. The summed E-state index contributed by atoms with van der Waals surface area (Å²) >= 11 is 0. The summed E-state index contributed by atoms with van der Waals surface area (Å²) in [7, 11) is 0. The lowest BCUT2D eigenvalue weighted by molar-refractivity contribution is 0.200. The highest BCUT2D eigenvalue weighted by atomic mass is 19.1. The number of halogens is 1. The van der Waals surface area contributed by atoms with Crippen LogP contribution in [0.1, 0.15) is 18.6 Å². The van der Waals surface area contributed by atoms with Gasteiger partial charge in [-0.1, -0.05) is 0 Å². The summed E-state index contributed by atoms with van der Waals surface area (Å²) in [5.74, 6) is -0.346. The zero-order valence-corrected chi connectivity index (χ0v) is 7.74. The Morgan fingerprint density at radius 2 is 2.21 bits per heavy atom. The fraction of sp³-hybridized carbons (Fsp3) is 0.182. The number of rotatable bonds is 1. The molecule has 0 bridgehead atoms. The molecule has 0 fully saturated rings. The Kier molecular flexibility index (Phi) is 2.17. The molecule has 14 heavy (non-hydrogen) atoms. The van der Waals surface area contributed by atoms with E-state index in [1.54, 1.807) is 25.4 Å². The number of nitrogens with zero attached hydrogens (tertiary/aromatic N) is 1. The van der Waals surface area contributed by atoms with Gasteiger partial charge < -0.3 is 5.11 Å². The fourth-order valence-electron chi connectivity index (χ4n) is 1.55. The van der Waals surface area contributed by atoms with Crippen molar-refractivity contribution in [1.82, 2.24) is 4.98 Å². The van der Waals surface area contributed by atoms with Gasteiger partial charge in [-0.25, -0.2) is 4.39 Å². The van der Waals surface area contributed by atoms with Crippen molar-refractivity contribution in [3.05, 3.63) is 42.0 Å². The molecule has 1 heterocycles. The number of aliphatic hydroxyl groups is 1. The summed E-state index contributed by atoms with van der Waals surface area (Å²) in [6, 6.07) is 4.54. The van der Waals surface area contributed by atoms with Gasteiger partial charge in [0.2, 0.25) is 0 Å². The minimum absolute atomic E-state index is 0.346. The summed E-state index contributed by atoms with van der Waals surface area (Å²) in [5, 5.41) is 11.0. The Hall–Kier alpha value is -1.48. The van der Waals surface area contributed by atoms with E-state index in [2.05, 4.69) is 4.98 Å². The van der Waals surface area contributed by atoms with Crippen LogP contribution in [0.25, 0.3) is 10.8 Å². The minimum atomic E-state index is -0.671. The summed E-state index contributed by atoms with van der Waals surface area (Å²) in [4.78, 5) is 3.91. The van der Waals surface area contributed by atoms with Gasteiger partial charge >= 0.3 is 0 Å². The largest absolute Gasteiger partial charge is 0.389 e. The maximum Gasteiger partial charge on any atom is 0.124 e. The van der Waals surface area contributed by atoms with Crippen LogP contribution >= 0.6 is 0 Å². The molecule has 72 valence electrons. The molecule has 0 spiro atoms. The summed E-state index contributed by atoms with van der Waals surface area (Å²) < 4.78 is 13.1. The van der Waals surface area contributed by atoms with Gasteiger partial charge in [0.1, 0.15) is 5.82 Å². The maximum atomic E-state index is 13.1. The molecular weight excluding hydrogens is 181 g/mol. The van der Waals surface area contributed by atoms with Crippen molar-refractivity contribution in [2.24, 2.45) is 0 Å². The van der Waals surface area contributed by atoms with Crippen LogP contribution in [0.5, 0.6) is 0 Å². The molecule has 1 aromatic heterocycles. The average molecular weight is 191 g/mol. The number of aromatic nitrogens is 1. The highest BCUT2D eigenvalue weighted by Gasteiger charge is 2.08. The lowest BCUT2D eigenvalue weighted by Crippen LogP contribution is -1.94. The van der Waals surface area contributed by atoms with Gasteiger partial charge in [0.15, 0.2) is 0 Å². The molecule has 2 rings (SSSR count). The molecule has 0 aliphatic rings. The highest BCUT2D eigenvalue weighted by Crippen LogP contribution is 2.24. The first-order chi connectivity index (χ1) is 6.68. The van der Waals surface area contributed by atoms with E-state index in [1.807, 2.05) is 0 Å². The van der Waals surface area contributed by atoms with Gasteiger partial charge in [0.25, 0.3) is 0 Å². The summed E-state index contributed by atoms with van der Waals surface area (Å²) in [6.07, 6.45) is 2.55. The second kappa shape index (κ2) is 3.35. The molecular formula is C11H10FNO. The smallest absolute Gasteiger partial charge is 0.124 e. The highest BCUT2D eigenvalue weighted by molar-refractivity contribution is 5.85. The molecule has 0 saturated carbocycles. The third kappa shape index (κ3) is 1.46. The van der Waals surface area contributed by atoms with Crippen molar-refractivity contribution in [2.45, 2.75) is 13.0 Å². The van der Waals surface area contributed by atoms with Crippen LogP contribution in [0.2, 0.25) is 0 Å². The molecule has 2 nitrogen and oxygen atoms in total. The van der Waals surface area contributed by atoms with Crippen molar-refractivity contribution in [3.63, 3.8) is 0 Å². The molecule has 1 N–H and O–H groups in total. The summed E-state index contributed by atoms with van der Waals surface area (Å²) in [5.41, 5.74) is 0.599. The van der Waals surface area contributed by atoms with Crippen LogP contribution in [0, 0.1) is 5.82 Å². The predicted molar refractivity (Wildman–Crippen MR) is 52.3 cm³/mol. The van der Waals surface area contributed by atoms with Gasteiger partial charge in [-0.2, -0.15) is 0 Å². The first-order valence-corrected chi connectivity index (χ1v) is 4.39. The van der Waals surface area contributed by atoms with Crippen LogP contribution in [0.3, 0.4) is 0 Å². The fourth-order valence-corrected chi connectivity index (χ4v) is 1.55. The molecule has 2 aromatic rings. The van der Waals surface area contributed by atoms with Crippen LogP contribution in [0.15, 0.2) is 30.6 Å². The van der Waals surface area contributed by atoms with E-state index < -0.39 is 6.10 Å². The van der Waals surface area contributed by atoms with E-state index >= 15 is 0 Å². The van der Waals surface area contributed by atoms with E-state index in [0.29, 0.717) is 10.9 Å².